The quantitative estimate of drug-likeness (QED) is 0.616. The zero-order chi connectivity index (χ0) is 17.2. The maximum Gasteiger partial charge on any atom is 0.244 e. The number of ether oxygens (including phenoxy) is 1. The lowest BCUT2D eigenvalue weighted by molar-refractivity contribution is -0.116. The Hall–Kier alpha value is -2.41. The van der Waals surface area contributed by atoms with Crippen molar-refractivity contribution >= 4 is 24.2 Å². The van der Waals surface area contributed by atoms with Gasteiger partial charge in [0.15, 0.2) is 4.77 Å². The van der Waals surface area contributed by atoms with Crippen LogP contribution < -0.4 is 10.1 Å². The zero-order valence-corrected chi connectivity index (χ0v) is 14.6. The van der Waals surface area contributed by atoms with Crippen LogP contribution in [0.25, 0.3) is 6.08 Å². The molecule has 4 rings (SSSR count). The first-order valence-corrected chi connectivity index (χ1v) is 8.98. The van der Waals surface area contributed by atoms with Gasteiger partial charge in [0, 0.05) is 31.5 Å². The van der Waals surface area contributed by atoms with Crippen LogP contribution in [0, 0.1) is 4.77 Å². The molecular weight excluding hydrogens is 336 g/mol. The van der Waals surface area contributed by atoms with Crippen molar-refractivity contribution in [3.63, 3.8) is 0 Å². The van der Waals surface area contributed by atoms with E-state index >= 15 is 0 Å². The van der Waals surface area contributed by atoms with Gasteiger partial charge < -0.3 is 14.6 Å². The molecule has 0 radical (unpaired) electrons. The largest absolute Gasteiger partial charge is 0.493 e. The molecule has 2 N–H and O–H groups in total. The van der Waals surface area contributed by atoms with E-state index in [1.54, 1.807) is 6.08 Å². The van der Waals surface area contributed by atoms with Crippen LogP contribution in [0.1, 0.15) is 35.7 Å². The monoisotopic (exact) mass is 356 g/mol. The lowest BCUT2D eigenvalue weighted by Gasteiger charge is -2.06. The van der Waals surface area contributed by atoms with E-state index in [1.165, 1.54) is 18.4 Å². The number of nitrogens with zero attached hydrogens (tertiary/aromatic N) is 2. The smallest absolute Gasteiger partial charge is 0.244 e. The Bertz CT molecular complexity index is 879. The highest BCUT2D eigenvalue weighted by molar-refractivity contribution is 7.71. The Kier molecular flexibility index (Phi) is 4.40. The molecule has 1 saturated carbocycles. The van der Waals surface area contributed by atoms with Crippen molar-refractivity contribution in [2.75, 3.05) is 13.2 Å². The minimum Gasteiger partial charge on any atom is -0.493 e. The van der Waals surface area contributed by atoms with E-state index in [0.29, 0.717) is 23.8 Å². The average molecular weight is 356 g/mol. The standard InChI is InChI=1S/C18H20N4O2S/c23-16(6-2-12-1-5-15-14(11-12)7-10-24-15)19-8-9-22-17(13-3-4-13)20-21-18(22)25/h1-2,5-6,11,13H,3-4,7-10H2,(H,19,23)(H,21,25)/b6-2+. The maximum atomic E-state index is 12.0. The SMILES string of the molecule is O=C(/C=C/c1ccc2c(c1)CCO2)NCCn1c(C2CC2)n[nH]c1=S. The molecule has 7 heteroatoms. The molecule has 0 spiro atoms. The number of amides is 1. The van der Waals surface area contributed by atoms with Gasteiger partial charge in [-0.2, -0.15) is 5.10 Å². The summed E-state index contributed by atoms with van der Waals surface area (Å²) in [4.78, 5) is 12.0. The Morgan fingerprint density at radius 1 is 1.48 bits per heavy atom. The summed E-state index contributed by atoms with van der Waals surface area (Å²) in [6.07, 6.45) is 6.65. The summed E-state index contributed by atoms with van der Waals surface area (Å²) in [7, 11) is 0. The van der Waals surface area contributed by atoms with Gasteiger partial charge in [-0.15, -0.1) is 0 Å². The number of rotatable bonds is 6. The summed E-state index contributed by atoms with van der Waals surface area (Å²) in [5.41, 5.74) is 2.21. The van der Waals surface area contributed by atoms with Gasteiger partial charge in [-0.1, -0.05) is 6.07 Å². The fraction of sp³-hybridized carbons (Fsp3) is 0.389. The molecule has 0 bridgehead atoms. The Morgan fingerprint density at radius 3 is 3.20 bits per heavy atom. The summed E-state index contributed by atoms with van der Waals surface area (Å²) in [5.74, 6) is 2.37. The number of fused-ring (bicyclic) bond motifs is 1. The summed E-state index contributed by atoms with van der Waals surface area (Å²) >= 11 is 5.26. The molecule has 1 aliphatic carbocycles. The van der Waals surface area contributed by atoms with Gasteiger partial charge in [0.2, 0.25) is 5.91 Å². The van der Waals surface area contributed by atoms with Gasteiger partial charge in [0.25, 0.3) is 0 Å². The third-order valence-electron chi connectivity index (χ3n) is 4.51. The topological polar surface area (TPSA) is 71.9 Å². The molecule has 1 aromatic carbocycles. The molecule has 0 unspecified atom stereocenters. The Labute approximate surface area is 150 Å². The van der Waals surface area contributed by atoms with Crippen LogP contribution in [-0.4, -0.2) is 33.8 Å². The molecule has 0 atom stereocenters. The molecule has 2 aliphatic rings. The molecule has 6 nitrogen and oxygen atoms in total. The van der Waals surface area contributed by atoms with Crippen LogP contribution in [0.15, 0.2) is 24.3 Å². The number of carbonyl (C=O) groups excluding carboxylic acids is 1. The molecule has 0 saturated heterocycles. The van der Waals surface area contributed by atoms with Crippen LogP contribution in [-0.2, 0) is 17.8 Å². The third-order valence-corrected chi connectivity index (χ3v) is 4.82. The molecule has 2 aromatic rings. The fourth-order valence-electron chi connectivity index (χ4n) is 3.03. The number of hydrogen-bond acceptors (Lipinski definition) is 4. The highest BCUT2D eigenvalue weighted by Crippen LogP contribution is 2.38. The van der Waals surface area contributed by atoms with Gasteiger partial charge in [-0.05, 0) is 54.4 Å². The first-order chi connectivity index (χ1) is 12.2. The number of benzene rings is 1. The number of aromatic nitrogens is 3. The van der Waals surface area contributed by atoms with E-state index in [2.05, 4.69) is 21.6 Å². The predicted molar refractivity (Wildman–Crippen MR) is 97.1 cm³/mol. The van der Waals surface area contributed by atoms with Crippen molar-refractivity contribution in [1.82, 2.24) is 20.1 Å². The van der Waals surface area contributed by atoms with Gasteiger partial charge in [0.1, 0.15) is 11.6 Å². The minimum absolute atomic E-state index is 0.111. The third kappa shape index (κ3) is 3.66. The van der Waals surface area contributed by atoms with Crippen molar-refractivity contribution in [2.24, 2.45) is 0 Å². The highest BCUT2D eigenvalue weighted by atomic mass is 32.1. The highest BCUT2D eigenvalue weighted by Gasteiger charge is 2.28. The number of carbonyl (C=O) groups is 1. The van der Waals surface area contributed by atoms with E-state index < -0.39 is 0 Å². The van der Waals surface area contributed by atoms with E-state index in [0.717, 1.165) is 30.2 Å². The molecule has 2 heterocycles. The maximum absolute atomic E-state index is 12.0. The van der Waals surface area contributed by atoms with Crippen molar-refractivity contribution in [3.05, 3.63) is 46.0 Å². The number of hydrogen-bond donors (Lipinski definition) is 2. The Morgan fingerprint density at radius 2 is 2.36 bits per heavy atom. The van der Waals surface area contributed by atoms with Crippen LogP contribution in [0.4, 0.5) is 0 Å². The van der Waals surface area contributed by atoms with E-state index in [9.17, 15) is 4.79 Å². The summed E-state index contributed by atoms with van der Waals surface area (Å²) in [6.45, 7) is 1.90. The summed E-state index contributed by atoms with van der Waals surface area (Å²) < 4.78 is 8.09. The number of H-pyrrole nitrogens is 1. The molecule has 1 fully saturated rings. The molecule has 1 aromatic heterocycles. The first-order valence-electron chi connectivity index (χ1n) is 8.57. The van der Waals surface area contributed by atoms with E-state index in [-0.39, 0.29) is 5.91 Å². The lowest BCUT2D eigenvalue weighted by atomic mass is 10.1. The van der Waals surface area contributed by atoms with Crippen molar-refractivity contribution in [3.8, 4) is 5.75 Å². The summed E-state index contributed by atoms with van der Waals surface area (Å²) in [5, 5.41) is 10.0. The van der Waals surface area contributed by atoms with E-state index in [4.69, 9.17) is 17.0 Å². The molecular formula is C18H20N4O2S. The molecule has 1 aliphatic heterocycles. The van der Waals surface area contributed by atoms with Gasteiger partial charge in [0.05, 0.1) is 6.61 Å². The van der Waals surface area contributed by atoms with E-state index in [1.807, 2.05) is 22.8 Å². The summed E-state index contributed by atoms with van der Waals surface area (Å²) in [6, 6.07) is 5.99. The van der Waals surface area contributed by atoms with Crippen LogP contribution in [0.2, 0.25) is 0 Å². The number of aromatic amines is 1. The first kappa shape index (κ1) is 16.1. The minimum atomic E-state index is -0.111. The zero-order valence-electron chi connectivity index (χ0n) is 13.8. The van der Waals surface area contributed by atoms with Crippen molar-refractivity contribution < 1.29 is 9.53 Å². The van der Waals surface area contributed by atoms with Crippen LogP contribution in [0.3, 0.4) is 0 Å². The second-order valence-electron chi connectivity index (χ2n) is 6.40. The van der Waals surface area contributed by atoms with Gasteiger partial charge in [-0.3, -0.25) is 9.89 Å². The van der Waals surface area contributed by atoms with Crippen molar-refractivity contribution in [1.29, 1.82) is 0 Å². The number of nitrogens with one attached hydrogen (secondary N) is 2. The molecule has 1 amide bonds. The fourth-order valence-corrected chi connectivity index (χ4v) is 3.26. The van der Waals surface area contributed by atoms with Crippen molar-refractivity contribution in [2.45, 2.75) is 31.7 Å². The van der Waals surface area contributed by atoms with Crippen LogP contribution in [0.5, 0.6) is 5.75 Å². The Balaban J connectivity index is 1.31. The van der Waals surface area contributed by atoms with Crippen LogP contribution >= 0.6 is 12.2 Å². The van der Waals surface area contributed by atoms with Gasteiger partial charge >= 0.3 is 0 Å². The predicted octanol–water partition coefficient (Wildman–Crippen LogP) is 2.58. The molecule has 25 heavy (non-hydrogen) atoms. The average Bonchev–Trinajstić information content (AvgIpc) is 3.23. The normalized spacial score (nSPS) is 16.0. The second-order valence-corrected chi connectivity index (χ2v) is 6.79. The van der Waals surface area contributed by atoms with Gasteiger partial charge in [-0.25, -0.2) is 0 Å². The molecule has 130 valence electrons. The lowest BCUT2D eigenvalue weighted by Crippen LogP contribution is -2.26. The second kappa shape index (κ2) is 6.84.